The molecule has 0 saturated carbocycles. The van der Waals surface area contributed by atoms with E-state index in [1.54, 1.807) is 0 Å². The molecule has 18 heavy (non-hydrogen) atoms. The van der Waals surface area contributed by atoms with E-state index in [1.165, 1.54) is 10.6 Å². The predicted octanol–water partition coefficient (Wildman–Crippen LogP) is -0.721. The van der Waals surface area contributed by atoms with Gasteiger partial charge < -0.3 is 10.6 Å². The third-order valence-electron chi connectivity index (χ3n) is 3.65. The number of carbonyl (C=O) groups excluding carboxylic acids is 1. The van der Waals surface area contributed by atoms with Gasteiger partial charge in [0.05, 0.1) is 12.3 Å². The van der Waals surface area contributed by atoms with Gasteiger partial charge in [-0.2, -0.15) is 0 Å². The summed E-state index contributed by atoms with van der Waals surface area (Å²) in [4.78, 5) is 11.9. The lowest BCUT2D eigenvalue weighted by Gasteiger charge is -2.31. The monoisotopic (exact) mass is 275 g/mol. The summed E-state index contributed by atoms with van der Waals surface area (Å²) in [5.74, 6) is 0.0605. The molecule has 0 radical (unpaired) electrons. The first-order valence-corrected chi connectivity index (χ1v) is 8.30. The van der Waals surface area contributed by atoms with Crippen LogP contribution in [0.15, 0.2) is 0 Å². The number of nitrogens with zero attached hydrogens (tertiary/aromatic N) is 1. The highest BCUT2D eigenvalue weighted by molar-refractivity contribution is 7.88. The van der Waals surface area contributed by atoms with E-state index in [1.807, 2.05) is 0 Å². The van der Waals surface area contributed by atoms with Crippen LogP contribution in [0.25, 0.3) is 0 Å². The third-order valence-corrected chi connectivity index (χ3v) is 4.95. The fourth-order valence-corrected chi connectivity index (χ4v) is 3.42. The molecule has 1 amide bonds. The highest BCUT2D eigenvalue weighted by atomic mass is 32.2. The van der Waals surface area contributed by atoms with Crippen LogP contribution in [-0.4, -0.2) is 56.6 Å². The summed E-state index contributed by atoms with van der Waals surface area (Å²) in [6, 6.07) is 0.0517. The lowest BCUT2D eigenvalue weighted by Crippen LogP contribution is -2.50. The van der Waals surface area contributed by atoms with Gasteiger partial charge in [0, 0.05) is 19.1 Å². The minimum Gasteiger partial charge on any atom is -0.352 e. The minimum absolute atomic E-state index is 0.0575. The SMILES string of the molecule is CS(=O)(=O)N1CCC(NC(=O)[C@H]2CCCN2)CC1. The molecule has 0 aromatic heterocycles. The number of rotatable bonds is 3. The molecule has 0 aromatic carbocycles. The maximum absolute atomic E-state index is 11.9. The molecule has 2 rings (SSSR count). The van der Waals surface area contributed by atoms with Gasteiger partial charge in [-0.15, -0.1) is 0 Å². The smallest absolute Gasteiger partial charge is 0.237 e. The van der Waals surface area contributed by atoms with E-state index in [0.717, 1.165) is 19.4 Å². The number of hydrogen-bond acceptors (Lipinski definition) is 4. The summed E-state index contributed by atoms with van der Waals surface area (Å²) in [5, 5.41) is 6.17. The van der Waals surface area contributed by atoms with Crippen molar-refractivity contribution in [3.63, 3.8) is 0 Å². The molecule has 6 nitrogen and oxygen atoms in total. The van der Waals surface area contributed by atoms with Gasteiger partial charge in [-0.3, -0.25) is 4.79 Å². The normalized spacial score (nSPS) is 27.3. The highest BCUT2D eigenvalue weighted by Crippen LogP contribution is 2.14. The summed E-state index contributed by atoms with van der Waals surface area (Å²) in [7, 11) is -3.09. The fourth-order valence-electron chi connectivity index (χ4n) is 2.54. The van der Waals surface area contributed by atoms with Crippen LogP contribution in [0.4, 0.5) is 0 Å². The molecule has 0 spiro atoms. The highest BCUT2D eigenvalue weighted by Gasteiger charge is 2.28. The average molecular weight is 275 g/mol. The maximum atomic E-state index is 11.9. The minimum atomic E-state index is -3.09. The molecule has 2 heterocycles. The Balaban J connectivity index is 1.78. The van der Waals surface area contributed by atoms with Crippen LogP contribution in [-0.2, 0) is 14.8 Å². The Morgan fingerprint density at radius 3 is 2.44 bits per heavy atom. The van der Waals surface area contributed by atoms with Gasteiger partial charge in [-0.1, -0.05) is 0 Å². The number of nitrogens with one attached hydrogen (secondary N) is 2. The zero-order chi connectivity index (χ0) is 13.2. The molecule has 2 aliphatic heterocycles. The van der Waals surface area contributed by atoms with E-state index < -0.39 is 10.0 Å². The fraction of sp³-hybridized carbons (Fsp3) is 0.909. The van der Waals surface area contributed by atoms with Gasteiger partial charge in [0.2, 0.25) is 15.9 Å². The van der Waals surface area contributed by atoms with E-state index >= 15 is 0 Å². The molecule has 2 saturated heterocycles. The van der Waals surface area contributed by atoms with Crippen molar-refractivity contribution in [2.24, 2.45) is 0 Å². The molecular weight excluding hydrogens is 254 g/mol. The van der Waals surface area contributed by atoms with Crippen LogP contribution in [0.5, 0.6) is 0 Å². The van der Waals surface area contributed by atoms with E-state index in [9.17, 15) is 13.2 Å². The lowest BCUT2D eigenvalue weighted by atomic mass is 10.1. The Morgan fingerprint density at radius 2 is 1.94 bits per heavy atom. The molecular formula is C11H21N3O3S. The van der Waals surface area contributed by atoms with Crippen molar-refractivity contribution in [2.45, 2.75) is 37.8 Å². The van der Waals surface area contributed by atoms with Crippen molar-refractivity contribution in [3.05, 3.63) is 0 Å². The average Bonchev–Trinajstić information content (AvgIpc) is 2.82. The first-order valence-electron chi connectivity index (χ1n) is 6.46. The zero-order valence-corrected chi connectivity index (χ0v) is 11.5. The predicted molar refractivity (Wildman–Crippen MR) is 68.6 cm³/mol. The van der Waals surface area contributed by atoms with Crippen LogP contribution in [0.2, 0.25) is 0 Å². The Bertz CT molecular complexity index is 396. The standard InChI is InChI=1S/C11H21N3O3S/c1-18(16,17)14-7-4-9(5-8-14)13-11(15)10-3-2-6-12-10/h9-10,12H,2-8H2,1H3,(H,13,15)/t10-/m1/s1. The number of piperidine rings is 1. The van der Waals surface area contributed by atoms with Crippen LogP contribution in [0.3, 0.4) is 0 Å². The third kappa shape index (κ3) is 3.43. The van der Waals surface area contributed by atoms with Crippen molar-refractivity contribution >= 4 is 15.9 Å². The molecule has 2 aliphatic rings. The molecule has 104 valence electrons. The molecule has 0 aliphatic carbocycles. The second-order valence-corrected chi connectivity index (χ2v) is 7.08. The quantitative estimate of drug-likeness (QED) is 0.712. The van der Waals surface area contributed by atoms with Crippen molar-refractivity contribution in [3.8, 4) is 0 Å². The second kappa shape index (κ2) is 5.54. The van der Waals surface area contributed by atoms with Crippen molar-refractivity contribution in [1.82, 2.24) is 14.9 Å². The van der Waals surface area contributed by atoms with Crippen molar-refractivity contribution < 1.29 is 13.2 Å². The van der Waals surface area contributed by atoms with E-state index in [4.69, 9.17) is 0 Å². The summed E-state index contributed by atoms with van der Waals surface area (Å²) in [6.45, 7) is 1.91. The van der Waals surface area contributed by atoms with E-state index in [2.05, 4.69) is 10.6 Å². The second-order valence-electron chi connectivity index (χ2n) is 5.09. The van der Waals surface area contributed by atoms with Crippen LogP contribution >= 0.6 is 0 Å². The Hall–Kier alpha value is -0.660. The van der Waals surface area contributed by atoms with Gasteiger partial charge in [-0.25, -0.2) is 12.7 Å². The Kier molecular flexibility index (Phi) is 4.24. The topological polar surface area (TPSA) is 78.5 Å². The van der Waals surface area contributed by atoms with Gasteiger partial charge >= 0.3 is 0 Å². The summed E-state index contributed by atoms with van der Waals surface area (Å²) >= 11 is 0. The van der Waals surface area contributed by atoms with Crippen LogP contribution in [0.1, 0.15) is 25.7 Å². The lowest BCUT2D eigenvalue weighted by molar-refractivity contribution is -0.123. The van der Waals surface area contributed by atoms with Crippen molar-refractivity contribution in [1.29, 1.82) is 0 Å². The molecule has 0 unspecified atom stereocenters. The van der Waals surface area contributed by atoms with Gasteiger partial charge in [0.1, 0.15) is 0 Å². The van der Waals surface area contributed by atoms with Gasteiger partial charge in [-0.05, 0) is 32.2 Å². The van der Waals surface area contributed by atoms with Crippen LogP contribution in [0, 0.1) is 0 Å². The Morgan fingerprint density at radius 1 is 1.28 bits per heavy atom. The first-order chi connectivity index (χ1) is 8.47. The summed E-state index contributed by atoms with van der Waals surface area (Å²) < 4.78 is 24.2. The maximum Gasteiger partial charge on any atom is 0.237 e. The molecule has 2 N–H and O–H groups in total. The number of carbonyl (C=O) groups is 1. The zero-order valence-electron chi connectivity index (χ0n) is 10.7. The summed E-state index contributed by atoms with van der Waals surface area (Å²) in [5.41, 5.74) is 0. The van der Waals surface area contributed by atoms with E-state index in [0.29, 0.717) is 25.9 Å². The van der Waals surface area contributed by atoms with Crippen LogP contribution < -0.4 is 10.6 Å². The molecule has 0 bridgehead atoms. The molecule has 1 atom stereocenters. The molecule has 7 heteroatoms. The number of sulfonamides is 1. The molecule has 0 aromatic rings. The molecule has 2 fully saturated rings. The van der Waals surface area contributed by atoms with Gasteiger partial charge in [0.15, 0.2) is 0 Å². The summed E-state index contributed by atoms with van der Waals surface area (Å²) in [6.07, 6.45) is 4.57. The van der Waals surface area contributed by atoms with Gasteiger partial charge in [0.25, 0.3) is 0 Å². The largest absolute Gasteiger partial charge is 0.352 e. The number of amides is 1. The first kappa shape index (κ1) is 13.8. The van der Waals surface area contributed by atoms with Crippen molar-refractivity contribution in [2.75, 3.05) is 25.9 Å². The Labute approximate surface area is 108 Å². The number of hydrogen-bond donors (Lipinski definition) is 2. The van der Waals surface area contributed by atoms with E-state index in [-0.39, 0.29) is 18.0 Å².